The Morgan fingerprint density at radius 1 is 0.733 bits per heavy atom. The SMILES string of the molecule is CC(=O)C(O)C(O)C(O)C(O)CN(CC(O)C(O)C(O)C(O)C(=O)O)CC(C)(C)C. The van der Waals surface area contributed by atoms with Crippen molar-refractivity contribution >= 4 is 11.8 Å². The summed E-state index contributed by atoms with van der Waals surface area (Å²) in [7, 11) is 0. The van der Waals surface area contributed by atoms with Crippen LogP contribution in [0.3, 0.4) is 0 Å². The largest absolute Gasteiger partial charge is 0.479 e. The number of carbonyl (C=O) groups is 2. The van der Waals surface area contributed by atoms with Crippen LogP contribution in [0.2, 0.25) is 0 Å². The maximum Gasteiger partial charge on any atom is 0.335 e. The highest BCUT2D eigenvalue weighted by molar-refractivity contribution is 5.80. The predicted molar refractivity (Wildman–Crippen MR) is 102 cm³/mol. The summed E-state index contributed by atoms with van der Waals surface area (Å²) in [5, 5.41) is 87.5. The highest BCUT2D eigenvalue weighted by atomic mass is 16.4. The molecule has 12 nitrogen and oxygen atoms in total. The van der Waals surface area contributed by atoms with E-state index in [1.54, 1.807) is 0 Å². The third-order valence-corrected chi connectivity index (χ3v) is 4.39. The van der Waals surface area contributed by atoms with Crippen molar-refractivity contribution in [3.8, 4) is 0 Å². The molecule has 0 aliphatic heterocycles. The van der Waals surface area contributed by atoms with Gasteiger partial charge in [0, 0.05) is 19.6 Å². The first kappa shape index (κ1) is 28.8. The van der Waals surface area contributed by atoms with Crippen molar-refractivity contribution in [1.82, 2.24) is 4.90 Å². The third-order valence-electron chi connectivity index (χ3n) is 4.39. The molecular weight excluding hydrogens is 406 g/mol. The number of carboxylic acids is 1. The fraction of sp³-hybridized carbons (Fsp3) is 0.889. The Morgan fingerprint density at radius 3 is 1.40 bits per heavy atom. The number of nitrogens with zero attached hydrogens (tertiary/aromatic N) is 1. The molecule has 0 aromatic carbocycles. The lowest BCUT2D eigenvalue weighted by atomic mass is 9.94. The van der Waals surface area contributed by atoms with Crippen molar-refractivity contribution in [2.75, 3.05) is 19.6 Å². The normalized spacial score (nSPS) is 20.7. The first-order valence-electron chi connectivity index (χ1n) is 9.39. The van der Waals surface area contributed by atoms with Gasteiger partial charge in [0.2, 0.25) is 0 Å². The second-order valence-corrected chi connectivity index (χ2v) is 8.69. The van der Waals surface area contributed by atoms with E-state index in [1.165, 1.54) is 4.90 Å². The molecule has 0 fully saturated rings. The van der Waals surface area contributed by atoms with Crippen LogP contribution in [-0.4, -0.2) is 131 Å². The Balaban J connectivity index is 5.28. The van der Waals surface area contributed by atoms with E-state index >= 15 is 0 Å². The van der Waals surface area contributed by atoms with Gasteiger partial charge in [0.1, 0.15) is 30.5 Å². The minimum atomic E-state index is -2.33. The minimum Gasteiger partial charge on any atom is -0.479 e. The summed E-state index contributed by atoms with van der Waals surface area (Å²) in [6, 6.07) is 0. The molecule has 0 bridgehead atoms. The molecule has 0 saturated heterocycles. The average molecular weight is 441 g/mol. The molecule has 0 rings (SSSR count). The zero-order valence-electron chi connectivity index (χ0n) is 17.5. The molecule has 9 N–H and O–H groups in total. The maximum absolute atomic E-state index is 11.1. The molecule has 0 heterocycles. The Kier molecular flexibility index (Phi) is 11.5. The van der Waals surface area contributed by atoms with E-state index in [4.69, 9.17) is 5.11 Å². The van der Waals surface area contributed by atoms with Crippen LogP contribution in [0.5, 0.6) is 0 Å². The van der Waals surface area contributed by atoms with E-state index in [2.05, 4.69) is 0 Å². The summed E-state index contributed by atoms with van der Waals surface area (Å²) in [5.41, 5.74) is -0.411. The van der Waals surface area contributed by atoms with Crippen LogP contribution in [0.4, 0.5) is 0 Å². The predicted octanol–water partition coefficient (Wildman–Crippen LogP) is -4.10. The zero-order valence-corrected chi connectivity index (χ0v) is 17.5. The van der Waals surface area contributed by atoms with Gasteiger partial charge in [0.15, 0.2) is 11.9 Å². The molecule has 0 aliphatic carbocycles. The highest BCUT2D eigenvalue weighted by Crippen LogP contribution is 2.18. The van der Waals surface area contributed by atoms with Crippen molar-refractivity contribution in [2.24, 2.45) is 5.41 Å². The number of ketones is 1. The first-order valence-corrected chi connectivity index (χ1v) is 9.39. The van der Waals surface area contributed by atoms with Gasteiger partial charge in [-0.3, -0.25) is 9.69 Å². The maximum atomic E-state index is 11.1. The van der Waals surface area contributed by atoms with Crippen LogP contribution in [0, 0.1) is 5.41 Å². The van der Waals surface area contributed by atoms with Crippen molar-refractivity contribution in [3.63, 3.8) is 0 Å². The molecule has 0 spiro atoms. The number of hydrogen-bond donors (Lipinski definition) is 9. The zero-order chi connectivity index (χ0) is 24.0. The molecule has 8 unspecified atom stereocenters. The molecule has 0 aliphatic rings. The van der Waals surface area contributed by atoms with Gasteiger partial charge < -0.3 is 46.0 Å². The van der Waals surface area contributed by atoms with E-state index < -0.39 is 72.5 Å². The number of aliphatic hydroxyl groups excluding tert-OH is 8. The van der Waals surface area contributed by atoms with Crippen LogP contribution in [0.15, 0.2) is 0 Å². The molecule has 0 radical (unpaired) electrons. The van der Waals surface area contributed by atoms with Gasteiger partial charge in [-0.05, 0) is 12.3 Å². The van der Waals surface area contributed by atoms with Crippen LogP contribution in [0.25, 0.3) is 0 Å². The molecular formula is C18H35NO11. The van der Waals surface area contributed by atoms with Crippen molar-refractivity contribution in [1.29, 1.82) is 0 Å². The number of rotatable bonds is 13. The fourth-order valence-corrected chi connectivity index (χ4v) is 2.83. The summed E-state index contributed by atoms with van der Waals surface area (Å²) in [4.78, 5) is 23.2. The molecule has 0 aromatic rings. The minimum absolute atomic E-state index is 0.184. The Hall–Kier alpha value is -1.22. The number of hydrogen-bond acceptors (Lipinski definition) is 11. The van der Waals surface area contributed by atoms with Gasteiger partial charge in [-0.15, -0.1) is 0 Å². The van der Waals surface area contributed by atoms with Crippen LogP contribution in [0.1, 0.15) is 27.7 Å². The monoisotopic (exact) mass is 441 g/mol. The summed E-state index contributed by atoms with van der Waals surface area (Å²) in [6.07, 6.45) is -15.7. The van der Waals surface area contributed by atoms with Gasteiger partial charge >= 0.3 is 5.97 Å². The van der Waals surface area contributed by atoms with Gasteiger partial charge in [-0.2, -0.15) is 0 Å². The van der Waals surface area contributed by atoms with E-state index in [1.807, 2.05) is 20.8 Å². The quantitative estimate of drug-likeness (QED) is 0.133. The average Bonchev–Trinajstić information content (AvgIpc) is 2.62. The Labute approximate surface area is 174 Å². The van der Waals surface area contributed by atoms with Crippen LogP contribution < -0.4 is 0 Å². The highest BCUT2D eigenvalue weighted by Gasteiger charge is 2.37. The third kappa shape index (κ3) is 9.29. The van der Waals surface area contributed by atoms with Gasteiger partial charge in [0.25, 0.3) is 0 Å². The lowest BCUT2D eigenvalue weighted by Gasteiger charge is -2.36. The van der Waals surface area contributed by atoms with E-state index in [9.17, 15) is 50.4 Å². The molecule has 178 valence electrons. The number of carboxylic acid groups (broad SMARTS) is 1. The molecule has 0 amide bonds. The molecule has 8 atom stereocenters. The number of carbonyl (C=O) groups excluding carboxylic acids is 1. The molecule has 0 aromatic heterocycles. The van der Waals surface area contributed by atoms with Crippen molar-refractivity contribution < 1.29 is 55.5 Å². The lowest BCUT2D eigenvalue weighted by Crippen LogP contribution is -2.54. The van der Waals surface area contributed by atoms with Gasteiger partial charge in [-0.1, -0.05) is 20.8 Å². The lowest BCUT2D eigenvalue weighted by molar-refractivity contribution is -0.164. The van der Waals surface area contributed by atoms with E-state index in [0.717, 1.165) is 6.92 Å². The van der Waals surface area contributed by atoms with Crippen molar-refractivity contribution in [3.05, 3.63) is 0 Å². The number of aliphatic carboxylic acids is 1. The topological polar surface area (TPSA) is 219 Å². The smallest absolute Gasteiger partial charge is 0.335 e. The number of Topliss-reactive ketones (excluding diaryl/α,β-unsaturated/α-hetero) is 1. The molecule has 0 saturated carbocycles. The van der Waals surface area contributed by atoms with Gasteiger partial charge in [0.05, 0.1) is 12.2 Å². The molecule has 12 heteroatoms. The summed E-state index contributed by atoms with van der Waals surface area (Å²) >= 11 is 0. The summed E-state index contributed by atoms with van der Waals surface area (Å²) in [5.74, 6) is -2.61. The van der Waals surface area contributed by atoms with E-state index in [0.29, 0.717) is 0 Å². The Bertz CT molecular complexity index is 513. The Morgan fingerprint density at radius 2 is 1.10 bits per heavy atom. The standard InChI is InChI=1S/C18H35NO11/c1-8(20)11(23)14(26)12(24)9(21)5-19(7-18(2,3)4)6-10(22)13(25)15(27)16(28)17(29)30/h9-16,21-28H,5-7H2,1-4H3,(H,29,30). The van der Waals surface area contributed by atoms with E-state index in [-0.39, 0.29) is 13.1 Å². The van der Waals surface area contributed by atoms with Crippen LogP contribution >= 0.6 is 0 Å². The summed E-state index contributed by atoms with van der Waals surface area (Å²) < 4.78 is 0. The summed E-state index contributed by atoms with van der Waals surface area (Å²) in [6.45, 7) is 5.82. The van der Waals surface area contributed by atoms with Crippen LogP contribution in [-0.2, 0) is 9.59 Å². The van der Waals surface area contributed by atoms with Crippen molar-refractivity contribution in [2.45, 2.75) is 76.5 Å². The fourth-order valence-electron chi connectivity index (χ4n) is 2.83. The second-order valence-electron chi connectivity index (χ2n) is 8.69. The molecule has 30 heavy (non-hydrogen) atoms. The number of aliphatic hydroxyl groups is 8. The van der Waals surface area contributed by atoms with Gasteiger partial charge in [-0.25, -0.2) is 4.79 Å². The first-order chi connectivity index (χ1) is 13.5. The second kappa shape index (κ2) is 12.0.